The van der Waals surface area contributed by atoms with Crippen molar-refractivity contribution in [1.82, 2.24) is 25.0 Å². The number of hydrogen-bond donors (Lipinski definition) is 1. The van der Waals surface area contributed by atoms with Gasteiger partial charge in [0.2, 0.25) is 0 Å². The SMILES string of the molecule is C[C@H]1CC[C@@]2(OC1)O[C@H]1CC3[C@@H]4CC[C@@H]5C[C@H](NC(=O)N(CCn6cncn6)C6CCCCC6)CC[C@]5(C)C4CC[C@]3(C)[C@H]1[C@@H]2C. The van der Waals surface area contributed by atoms with E-state index in [2.05, 4.69) is 48.0 Å². The molecule has 2 amide bonds. The Labute approximate surface area is 277 Å². The molecule has 5 aliphatic carbocycles. The number of fused-ring (bicyclic) bond motifs is 7. The first-order valence-corrected chi connectivity index (χ1v) is 19.4. The lowest BCUT2D eigenvalue weighted by Crippen LogP contribution is -2.57. The molecular formula is C38H61N5O3. The highest BCUT2D eigenvalue weighted by molar-refractivity contribution is 5.75. The van der Waals surface area contributed by atoms with Crippen molar-refractivity contribution >= 4 is 6.03 Å². The average molecular weight is 636 g/mol. The van der Waals surface area contributed by atoms with Crippen LogP contribution in [0.5, 0.6) is 0 Å². The Balaban J connectivity index is 0.919. The van der Waals surface area contributed by atoms with Gasteiger partial charge in [0.25, 0.3) is 0 Å². The van der Waals surface area contributed by atoms with Crippen LogP contribution in [0.25, 0.3) is 0 Å². The maximum Gasteiger partial charge on any atom is 0.317 e. The molecule has 1 N–H and O–H groups in total. The van der Waals surface area contributed by atoms with Gasteiger partial charge in [-0.3, -0.25) is 4.68 Å². The fourth-order valence-corrected chi connectivity index (χ4v) is 13.1. The highest BCUT2D eigenvalue weighted by Crippen LogP contribution is 2.71. The van der Waals surface area contributed by atoms with Gasteiger partial charge in [0.1, 0.15) is 12.7 Å². The van der Waals surface area contributed by atoms with Crippen LogP contribution in [0.3, 0.4) is 0 Å². The Morgan fingerprint density at radius 1 is 0.957 bits per heavy atom. The third kappa shape index (κ3) is 5.16. The largest absolute Gasteiger partial charge is 0.349 e. The van der Waals surface area contributed by atoms with Gasteiger partial charge < -0.3 is 19.7 Å². The zero-order valence-electron chi connectivity index (χ0n) is 29.2. The van der Waals surface area contributed by atoms with Crippen molar-refractivity contribution in [1.29, 1.82) is 0 Å². The molecule has 2 unspecified atom stereocenters. The van der Waals surface area contributed by atoms with Gasteiger partial charge in [0, 0.05) is 31.0 Å². The predicted molar refractivity (Wildman–Crippen MR) is 178 cm³/mol. The van der Waals surface area contributed by atoms with Crippen LogP contribution >= 0.6 is 0 Å². The second-order valence-corrected chi connectivity index (χ2v) is 17.7. The summed E-state index contributed by atoms with van der Waals surface area (Å²) >= 11 is 0. The highest BCUT2D eigenvalue weighted by Gasteiger charge is 2.69. The molecule has 1 spiro atoms. The summed E-state index contributed by atoms with van der Waals surface area (Å²) in [5.41, 5.74) is 0.778. The topological polar surface area (TPSA) is 81.5 Å². The van der Waals surface area contributed by atoms with E-state index < -0.39 is 0 Å². The number of rotatable bonds is 5. The van der Waals surface area contributed by atoms with E-state index in [1.54, 1.807) is 12.7 Å². The molecule has 7 aliphatic rings. The van der Waals surface area contributed by atoms with E-state index in [0.29, 0.717) is 65.8 Å². The van der Waals surface area contributed by atoms with E-state index >= 15 is 0 Å². The van der Waals surface area contributed by atoms with Crippen LogP contribution in [0.15, 0.2) is 12.7 Å². The lowest BCUT2D eigenvalue weighted by molar-refractivity contribution is -0.273. The number of carbonyl (C=O) groups excluding carboxylic acids is 1. The van der Waals surface area contributed by atoms with Crippen molar-refractivity contribution < 1.29 is 14.3 Å². The van der Waals surface area contributed by atoms with E-state index in [9.17, 15) is 4.79 Å². The summed E-state index contributed by atoms with van der Waals surface area (Å²) in [6.45, 7) is 12.4. The summed E-state index contributed by atoms with van der Waals surface area (Å²) in [7, 11) is 0. The minimum Gasteiger partial charge on any atom is -0.349 e. The Morgan fingerprint density at radius 3 is 2.54 bits per heavy atom. The standard InChI is InChI=1S/C38H61N5O3/c1-25-12-17-38(45-22-25)26(2)34-33(46-38)21-32-30-11-10-27-20-28(13-15-36(27,3)31(30)14-16-37(32,34)4)41-35(44)43(29-8-6-5-7-9-29)19-18-42-24-39-23-40-42/h23-34H,5-22H2,1-4H3,(H,41,44)/t25-,26-,27+,28+,30+,31?,32?,33-,34-,36-,37-,38+/m0/s1. The maximum absolute atomic E-state index is 13.9. The van der Waals surface area contributed by atoms with Gasteiger partial charge in [-0.1, -0.05) is 47.0 Å². The van der Waals surface area contributed by atoms with Crippen molar-refractivity contribution in [3.8, 4) is 0 Å². The maximum atomic E-state index is 13.9. The number of nitrogens with one attached hydrogen (secondary N) is 1. The van der Waals surface area contributed by atoms with E-state index in [-0.39, 0.29) is 11.8 Å². The zero-order valence-corrected chi connectivity index (χ0v) is 29.2. The van der Waals surface area contributed by atoms with Gasteiger partial charge in [0.05, 0.1) is 19.3 Å². The van der Waals surface area contributed by atoms with Crippen LogP contribution in [0.1, 0.15) is 124 Å². The molecule has 8 rings (SSSR count). The Morgan fingerprint density at radius 2 is 1.78 bits per heavy atom. The van der Waals surface area contributed by atoms with Crippen LogP contribution in [-0.4, -0.2) is 62.8 Å². The highest BCUT2D eigenvalue weighted by atomic mass is 16.7. The van der Waals surface area contributed by atoms with Gasteiger partial charge in [-0.05, 0) is 117 Å². The third-order valence-corrected chi connectivity index (χ3v) is 15.6. The average Bonchev–Trinajstić information content (AvgIpc) is 3.74. The Bertz CT molecular complexity index is 1230. The molecule has 2 aliphatic heterocycles. The molecule has 2 saturated heterocycles. The zero-order chi connectivity index (χ0) is 31.7. The summed E-state index contributed by atoms with van der Waals surface area (Å²) in [6, 6.07) is 0.797. The van der Waals surface area contributed by atoms with E-state index in [0.717, 1.165) is 56.5 Å². The van der Waals surface area contributed by atoms with E-state index in [4.69, 9.17) is 9.47 Å². The van der Waals surface area contributed by atoms with Crippen LogP contribution in [-0.2, 0) is 16.0 Å². The quantitative estimate of drug-likeness (QED) is 0.364. The fraction of sp³-hybridized carbons (Fsp3) is 0.921. The minimum absolute atomic E-state index is 0.156. The monoisotopic (exact) mass is 635 g/mol. The molecule has 7 fully saturated rings. The molecule has 8 heteroatoms. The van der Waals surface area contributed by atoms with Gasteiger partial charge in [-0.15, -0.1) is 0 Å². The van der Waals surface area contributed by atoms with E-state index in [1.165, 1.54) is 64.2 Å². The first-order chi connectivity index (χ1) is 22.2. The molecule has 46 heavy (non-hydrogen) atoms. The molecule has 256 valence electrons. The number of carbonyl (C=O) groups is 1. The number of urea groups is 1. The first kappa shape index (κ1) is 31.6. The minimum atomic E-state index is -0.317. The second-order valence-electron chi connectivity index (χ2n) is 17.7. The smallest absolute Gasteiger partial charge is 0.317 e. The molecule has 0 bridgehead atoms. The lowest BCUT2D eigenvalue weighted by atomic mass is 9.44. The van der Waals surface area contributed by atoms with Crippen molar-refractivity contribution in [3.63, 3.8) is 0 Å². The third-order valence-electron chi connectivity index (χ3n) is 15.6. The summed E-state index contributed by atoms with van der Waals surface area (Å²) in [4.78, 5) is 20.2. The van der Waals surface area contributed by atoms with Gasteiger partial charge in [0.15, 0.2) is 5.79 Å². The van der Waals surface area contributed by atoms with Gasteiger partial charge in [-0.2, -0.15) is 5.10 Å². The second kappa shape index (κ2) is 12.0. The van der Waals surface area contributed by atoms with Crippen molar-refractivity contribution in [2.45, 2.75) is 155 Å². The van der Waals surface area contributed by atoms with Crippen molar-refractivity contribution in [2.24, 2.45) is 52.3 Å². The van der Waals surface area contributed by atoms with Crippen molar-refractivity contribution in [2.75, 3.05) is 13.2 Å². The predicted octanol–water partition coefficient (Wildman–Crippen LogP) is 7.44. The normalized spacial score (nSPS) is 47.1. The summed E-state index contributed by atoms with van der Waals surface area (Å²) in [5.74, 6) is 4.61. The molecular weight excluding hydrogens is 574 g/mol. The summed E-state index contributed by atoms with van der Waals surface area (Å²) in [6.07, 6.45) is 22.2. The number of ether oxygens (including phenoxy) is 2. The summed E-state index contributed by atoms with van der Waals surface area (Å²) in [5, 5.41) is 7.88. The van der Waals surface area contributed by atoms with Crippen molar-refractivity contribution in [3.05, 3.63) is 12.7 Å². The molecule has 3 heterocycles. The molecule has 1 aromatic rings. The summed E-state index contributed by atoms with van der Waals surface area (Å²) < 4.78 is 15.4. The first-order valence-electron chi connectivity index (χ1n) is 19.4. The molecule has 5 saturated carbocycles. The van der Waals surface area contributed by atoms with Crippen LogP contribution in [0.2, 0.25) is 0 Å². The number of amides is 2. The Hall–Kier alpha value is -1.67. The van der Waals surface area contributed by atoms with Crippen LogP contribution in [0, 0.1) is 52.3 Å². The molecule has 0 radical (unpaired) electrons. The molecule has 0 aromatic carbocycles. The number of nitrogens with zero attached hydrogens (tertiary/aromatic N) is 4. The molecule has 8 nitrogen and oxygen atoms in total. The van der Waals surface area contributed by atoms with Crippen LogP contribution in [0.4, 0.5) is 4.79 Å². The fourth-order valence-electron chi connectivity index (χ4n) is 13.1. The molecule has 12 atom stereocenters. The van der Waals surface area contributed by atoms with Gasteiger partial charge in [-0.25, -0.2) is 9.78 Å². The van der Waals surface area contributed by atoms with Gasteiger partial charge >= 0.3 is 6.03 Å². The number of aromatic nitrogens is 3. The molecule has 1 aromatic heterocycles. The Kier molecular flexibility index (Phi) is 8.26. The van der Waals surface area contributed by atoms with Crippen LogP contribution < -0.4 is 5.32 Å². The number of hydrogen-bond acceptors (Lipinski definition) is 5. The lowest BCUT2D eigenvalue weighted by Gasteiger charge is -2.61. The van der Waals surface area contributed by atoms with E-state index in [1.807, 2.05) is 4.68 Å².